The summed E-state index contributed by atoms with van der Waals surface area (Å²) in [5, 5.41) is 0.917. The molecule has 0 aliphatic carbocycles. The summed E-state index contributed by atoms with van der Waals surface area (Å²) in [6.07, 6.45) is 0.267. The first-order chi connectivity index (χ1) is 13.2. The lowest BCUT2D eigenvalue weighted by atomic mass is 10.0. The molecule has 6 nitrogen and oxygen atoms in total. The highest BCUT2D eigenvalue weighted by Gasteiger charge is 2.14. The maximum absolute atomic E-state index is 12.4. The van der Waals surface area contributed by atoms with E-state index >= 15 is 0 Å². The summed E-state index contributed by atoms with van der Waals surface area (Å²) in [5.41, 5.74) is 3.68. The molecule has 0 unspecified atom stereocenters. The number of carbonyl (C=O) groups excluding carboxylic acids is 1. The monoisotopic (exact) mass is 398 g/mol. The lowest BCUT2D eigenvalue weighted by Gasteiger charge is -2.09. The van der Waals surface area contributed by atoms with Gasteiger partial charge >= 0.3 is 0 Å². The van der Waals surface area contributed by atoms with E-state index in [0.717, 1.165) is 22.0 Å². The molecule has 1 heterocycles. The third-order valence-electron chi connectivity index (χ3n) is 4.89. The fraction of sp³-hybridized carbons (Fsp3) is 0.238. The Bertz CT molecular complexity index is 1210. The molecule has 0 atom stereocenters. The van der Waals surface area contributed by atoms with Gasteiger partial charge < -0.3 is 4.98 Å². The van der Waals surface area contributed by atoms with Crippen LogP contribution in [0.25, 0.3) is 10.9 Å². The van der Waals surface area contributed by atoms with E-state index in [0.29, 0.717) is 11.1 Å². The molecule has 0 saturated heterocycles. The smallest absolute Gasteiger partial charge is 0.251 e. The number of pyridine rings is 1. The molecule has 7 heteroatoms. The minimum Gasteiger partial charge on any atom is -0.321 e. The molecule has 0 saturated carbocycles. The molecule has 0 spiro atoms. The molecule has 28 heavy (non-hydrogen) atoms. The maximum atomic E-state index is 12.4. The standard InChI is InChI=1S/C21H22N2O4S/c1-13-4-5-17-12-18(21(25)23-20(17)14(13)2)10-11-22-28(26,27)19-8-6-16(7-9-19)15(3)24/h4-9,12,22H,10-11H2,1-3H3,(H,23,25). The number of aromatic nitrogens is 1. The number of H-pyrrole nitrogens is 1. The summed E-state index contributed by atoms with van der Waals surface area (Å²) >= 11 is 0. The zero-order valence-corrected chi connectivity index (χ0v) is 16.8. The van der Waals surface area contributed by atoms with E-state index < -0.39 is 10.0 Å². The quantitative estimate of drug-likeness (QED) is 0.624. The van der Waals surface area contributed by atoms with Gasteiger partial charge in [0.15, 0.2) is 5.78 Å². The van der Waals surface area contributed by atoms with Gasteiger partial charge in [0, 0.05) is 17.7 Å². The number of Topliss-reactive ketones (excluding diaryl/α,β-unsaturated/α-hetero) is 1. The van der Waals surface area contributed by atoms with Gasteiger partial charge in [0.25, 0.3) is 5.56 Å². The van der Waals surface area contributed by atoms with Crippen LogP contribution in [0.4, 0.5) is 0 Å². The predicted octanol–water partition coefficient (Wildman–Crippen LogP) is 2.87. The Labute approximate surface area is 163 Å². The van der Waals surface area contributed by atoms with Gasteiger partial charge in [-0.15, -0.1) is 0 Å². The van der Waals surface area contributed by atoms with Crippen molar-refractivity contribution in [2.24, 2.45) is 0 Å². The Kier molecular flexibility index (Phi) is 5.49. The van der Waals surface area contributed by atoms with Gasteiger partial charge in [-0.05, 0) is 61.9 Å². The number of rotatable bonds is 6. The molecular formula is C21H22N2O4S. The van der Waals surface area contributed by atoms with Crippen molar-refractivity contribution in [1.82, 2.24) is 9.71 Å². The van der Waals surface area contributed by atoms with Gasteiger partial charge in [0.1, 0.15) is 0 Å². The first-order valence-electron chi connectivity index (χ1n) is 8.92. The number of benzene rings is 2. The molecule has 146 valence electrons. The normalized spacial score (nSPS) is 11.7. The lowest BCUT2D eigenvalue weighted by molar-refractivity contribution is 0.101. The van der Waals surface area contributed by atoms with Crippen LogP contribution in [-0.2, 0) is 16.4 Å². The molecule has 2 N–H and O–H groups in total. The average molecular weight is 398 g/mol. The highest BCUT2D eigenvalue weighted by Crippen LogP contribution is 2.19. The van der Waals surface area contributed by atoms with Gasteiger partial charge in [-0.1, -0.05) is 24.3 Å². The summed E-state index contributed by atoms with van der Waals surface area (Å²) in [4.78, 5) is 26.6. The lowest BCUT2D eigenvalue weighted by Crippen LogP contribution is -2.27. The fourth-order valence-electron chi connectivity index (χ4n) is 3.03. The van der Waals surface area contributed by atoms with Gasteiger partial charge in [-0.25, -0.2) is 13.1 Å². The van der Waals surface area contributed by atoms with Crippen LogP contribution in [0.3, 0.4) is 0 Å². The molecule has 0 fully saturated rings. The van der Waals surface area contributed by atoms with Gasteiger partial charge in [0.2, 0.25) is 10.0 Å². The maximum Gasteiger partial charge on any atom is 0.251 e. The van der Waals surface area contributed by atoms with Crippen molar-refractivity contribution in [3.05, 3.63) is 75.1 Å². The van der Waals surface area contributed by atoms with E-state index in [9.17, 15) is 18.0 Å². The zero-order valence-electron chi connectivity index (χ0n) is 16.0. The van der Waals surface area contributed by atoms with Crippen molar-refractivity contribution in [1.29, 1.82) is 0 Å². The summed E-state index contributed by atoms with van der Waals surface area (Å²) in [6, 6.07) is 11.5. The van der Waals surface area contributed by atoms with E-state index in [2.05, 4.69) is 9.71 Å². The van der Waals surface area contributed by atoms with Crippen LogP contribution in [-0.4, -0.2) is 25.7 Å². The van der Waals surface area contributed by atoms with Crippen LogP contribution in [0.5, 0.6) is 0 Å². The minimum atomic E-state index is -3.71. The minimum absolute atomic E-state index is 0.0796. The third-order valence-corrected chi connectivity index (χ3v) is 6.36. The average Bonchev–Trinajstić information content (AvgIpc) is 2.66. The van der Waals surface area contributed by atoms with Crippen molar-refractivity contribution in [2.45, 2.75) is 32.1 Å². The van der Waals surface area contributed by atoms with Crippen LogP contribution in [0, 0.1) is 13.8 Å². The largest absolute Gasteiger partial charge is 0.321 e. The second kappa shape index (κ2) is 7.69. The Morgan fingerprint density at radius 1 is 1.07 bits per heavy atom. The third kappa shape index (κ3) is 4.05. The van der Waals surface area contributed by atoms with E-state index in [1.807, 2.05) is 26.0 Å². The Morgan fingerprint density at radius 2 is 1.75 bits per heavy atom. The number of fused-ring (bicyclic) bond motifs is 1. The number of hydrogen-bond acceptors (Lipinski definition) is 4. The Morgan fingerprint density at radius 3 is 2.39 bits per heavy atom. The number of ketones is 1. The fourth-order valence-corrected chi connectivity index (χ4v) is 4.06. The number of aromatic amines is 1. The number of aryl methyl sites for hydroxylation is 2. The van der Waals surface area contributed by atoms with Crippen LogP contribution >= 0.6 is 0 Å². The van der Waals surface area contributed by atoms with Crippen molar-refractivity contribution < 1.29 is 13.2 Å². The molecule has 2 aromatic carbocycles. The second-order valence-electron chi connectivity index (χ2n) is 6.82. The number of sulfonamides is 1. The van der Waals surface area contributed by atoms with Gasteiger partial charge in [0.05, 0.1) is 10.4 Å². The van der Waals surface area contributed by atoms with Crippen molar-refractivity contribution in [3.63, 3.8) is 0 Å². The first kappa shape index (κ1) is 20.0. The molecule has 0 radical (unpaired) electrons. The van der Waals surface area contributed by atoms with Crippen LogP contribution in [0.1, 0.15) is 34.0 Å². The number of nitrogens with one attached hydrogen (secondary N) is 2. The molecule has 0 bridgehead atoms. The van der Waals surface area contributed by atoms with Crippen LogP contribution in [0.15, 0.2) is 52.2 Å². The molecule has 0 amide bonds. The zero-order chi connectivity index (χ0) is 20.5. The summed E-state index contributed by atoms with van der Waals surface area (Å²) in [5.74, 6) is -0.127. The molecule has 0 aliphatic heterocycles. The Balaban J connectivity index is 1.75. The number of hydrogen-bond donors (Lipinski definition) is 2. The highest BCUT2D eigenvalue weighted by molar-refractivity contribution is 7.89. The summed E-state index contributed by atoms with van der Waals surface area (Å²) in [6.45, 7) is 5.46. The van der Waals surface area contributed by atoms with Crippen molar-refractivity contribution in [3.8, 4) is 0 Å². The molecular weight excluding hydrogens is 376 g/mol. The summed E-state index contributed by atoms with van der Waals surface area (Å²) < 4.78 is 27.3. The van der Waals surface area contributed by atoms with Crippen LogP contribution in [0.2, 0.25) is 0 Å². The molecule has 0 aliphatic rings. The Hall–Kier alpha value is -2.77. The number of carbonyl (C=O) groups is 1. The van der Waals surface area contributed by atoms with E-state index in [1.54, 1.807) is 6.07 Å². The van der Waals surface area contributed by atoms with Crippen LogP contribution < -0.4 is 10.3 Å². The highest BCUT2D eigenvalue weighted by atomic mass is 32.2. The van der Waals surface area contributed by atoms with E-state index in [1.165, 1.54) is 31.2 Å². The molecule has 3 aromatic rings. The second-order valence-corrected chi connectivity index (χ2v) is 8.59. The van der Waals surface area contributed by atoms with Crippen molar-refractivity contribution in [2.75, 3.05) is 6.54 Å². The van der Waals surface area contributed by atoms with Gasteiger partial charge in [-0.3, -0.25) is 9.59 Å². The van der Waals surface area contributed by atoms with E-state index in [-0.39, 0.29) is 29.2 Å². The predicted molar refractivity (Wildman–Crippen MR) is 109 cm³/mol. The van der Waals surface area contributed by atoms with E-state index in [4.69, 9.17) is 0 Å². The van der Waals surface area contributed by atoms with Gasteiger partial charge in [-0.2, -0.15) is 0 Å². The summed E-state index contributed by atoms with van der Waals surface area (Å²) in [7, 11) is -3.71. The van der Waals surface area contributed by atoms with Crippen molar-refractivity contribution >= 4 is 26.7 Å². The SMILES string of the molecule is CC(=O)c1ccc(S(=O)(=O)NCCc2cc3ccc(C)c(C)c3[nH]c2=O)cc1. The topological polar surface area (TPSA) is 96.1 Å². The molecule has 1 aromatic heterocycles. The first-order valence-corrected chi connectivity index (χ1v) is 10.4. The molecule has 3 rings (SSSR count).